The fourth-order valence-corrected chi connectivity index (χ4v) is 2.44. The summed E-state index contributed by atoms with van der Waals surface area (Å²) in [5.41, 5.74) is 1.21. The summed E-state index contributed by atoms with van der Waals surface area (Å²) in [7, 11) is 0. The Kier molecular flexibility index (Phi) is 4.90. The van der Waals surface area contributed by atoms with Gasteiger partial charge >= 0.3 is 0 Å². The predicted molar refractivity (Wildman–Crippen MR) is 66.2 cm³/mol. The number of benzene rings is 1. The van der Waals surface area contributed by atoms with Crippen molar-refractivity contribution < 1.29 is 0 Å². The quantitative estimate of drug-likeness (QED) is 0.548. The monoisotopic (exact) mass is 358 g/mol. The van der Waals surface area contributed by atoms with Crippen LogP contribution in [0.1, 0.15) is 17.4 Å². The van der Waals surface area contributed by atoms with E-state index in [4.69, 9.17) is 11.6 Å². The van der Waals surface area contributed by atoms with E-state index >= 15 is 0 Å². The van der Waals surface area contributed by atoms with Crippen molar-refractivity contribution in [3.05, 3.63) is 34.3 Å². The second-order valence-electron chi connectivity index (χ2n) is 2.50. The van der Waals surface area contributed by atoms with Gasteiger partial charge in [0.2, 0.25) is 0 Å². The minimum absolute atomic E-state index is 0.162. The van der Waals surface area contributed by atoms with Crippen molar-refractivity contribution >= 4 is 50.1 Å². The number of hydrogen-bond acceptors (Lipinski definition) is 0. The Morgan fingerprint density at radius 2 is 1.92 bits per heavy atom. The molecule has 0 heterocycles. The summed E-state index contributed by atoms with van der Waals surface area (Å²) in [6, 6.07) is 8.18. The highest BCUT2D eigenvalue weighted by molar-refractivity contribution is 14.1. The number of hydrogen-bond donors (Lipinski definition) is 0. The Balaban J connectivity index is 2.68. The topological polar surface area (TPSA) is 0 Å². The number of halogens is 3. The third kappa shape index (κ3) is 3.23. The molecule has 0 aliphatic heterocycles. The van der Waals surface area contributed by atoms with Gasteiger partial charge in [0, 0.05) is 8.90 Å². The summed E-state index contributed by atoms with van der Waals surface area (Å²) in [6.07, 6.45) is 1.03. The van der Waals surface area contributed by atoms with Crippen molar-refractivity contribution in [3.63, 3.8) is 0 Å². The van der Waals surface area contributed by atoms with E-state index < -0.39 is 0 Å². The molecule has 0 aliphatic rings. The molecule has 0 saturated heterocycles. The highest BCUT2D eigenvalue weighted by Gasteiger charge is 2.05. The van der Waals surface area contributed by atoms with Crippen LogP contribution in [0.15, 0.2) is 28.7 Å². The standard InChI is InChI=1S/C9H9BrClI/c10-8-3-1-7(2-4-8)9(11)5-6-12/h1-4,9H,5-6H2. The smallest absolute Gasteiger partial charge is 0.0592 e. The molecule has 0 aromatic heterocycles. The second kappa shape index (κ2) is 5.45. The molecule has 0 N–H and O–H groups in total. The summed E-state index contributed by atoms with van der Waals surface area (Å²) in [5, 5.41) is 0.162. The fourth-order valence-electron chi connectivity index (χ4n) is 0.934. The van der Waals surface area contributed by atoms with Crippen LogP contribution in [0, 0.1) is 0 Å². The maximum atomic E-state index is 6.14. The first kappa shape index (κ1) is 10.8. The Morgan fingerprint density at radius 1 is 1.33 bits per heavy atom. The molecule has 1 unspecified atom stereocenters. The minimum atomic E-state index is 0.162. The first-order valence-electron chi connectivity index (χ1n) is 3.69. The molecule has 1 atom stereocenters. The van der Waals surface area contributed by atoms with Crippen LogP contribution in [0.2, 0.25) is 0 Å². The Morgan fingerprint density at radius 3 is 2.42 bits per heavy atom. The molecule has 0 radical (unpaired) electrons. The van der Waals surface area contributed by atoms with Crippen LogP contribution < -0.4 is 0 Å². The van der Waals surface area contributed by atoms with E-state index in [-0.39, 0.29) is 5.38 Å². The van der Waals surface area contributed by atoms with E-state index in [0.29, 0.717) is 0 Å². The molecular formula is C9H9BrClI. The average Bonchev–Trinajstić information content (AvgIpc) is 2.06. The number of rotatable bonds is 3. The van der Waals surface area contributed by atoms with Crippen molar-refractivity contribution in [2.45, 2.75) is 11.8 Å². The van der Waals surface area contributed by atoms with Gasteiger partial charge in [-0.1, -0.05) is 50.7 Å². The molecule has 0 aliphatic carbocycles. The number of alkyl halides is 2. The van der Waals surface area contributed by atoms with E-state index in [2.05, 4.69) is 50.7 Å². The van der Waals surface area contributed by atoms with Gasteiger partial charge in [0.25, 0.3) is 0 Å². The van der Waals surface area contributed by atoms with Crippen LogP contribution in [0.25, 0.3) is 0 Å². The first-order chi connectivity index (χ1) is 5.74. The van der Waals surface area contributed by atoms with Crippen LogP contribution in [0.5, 0.6) is 0 Å². The lowest BCUT2D eigenvalue weighted by Crippen LogP contribution is -1.90. The zero-order valence-corrected chi connectivity index (χ0v) is 10.9. The van der Waals surface area contributed by atoms with Crippen molar-refractivity contribution in [2.75, 3.05) is 4.43 Å². The van der Waals surface area contributed by atoms with Gasteiger partial charge in [-0.05, 0) is 24.1 Å². The summed E-state index contributed by atoms with van der Waals surface area (Å²) in [6.45, 7) is 0. The Bertz CT molecular complexity index is 235. The molecule has 1 rings (SSSR count). The Hall–Kier alpha value is 0.720. The zero-order valence-electron chi connectivity index (χ0n) is 6.43. The van der Waals surface area contributed by atoms with Gasteiger partial charge in [-0.15, -0.1) is 11.6 Å². The zero-order chi connectivity index (χ0) is 8.97. The van der Waals surface area contributed by atoms with Gasteiger partial charge in [-0.2, -0.15) is 0 Å². The van der Waals surface area contributed by atoms with Crippen molar-refractivity contribution in [2.24, 2.45) is 0 Å². The fraction of sp³-hybridized carbons (Fsp3) is 0.333. The third-order valence-corrected chi connectivity index (χ3v) is 3.22. The lowest BCUT2D eigenvalue weighted by molar-refractivity contribution is 0.905. The molecule has 0 bridgehead atoms. The maximum absolute atomic E-state index is 6.14. The lowest BCUT2D eigenvalue weighted by atomic mass is 10.1. The molecule has 3 heteroatoms. The molecule has 0 fully saturated rings. The van der Waals surface area contributed by atoms with Crippen LogP contribution in [0.4, 0.5) is 0 Å². The van der Waals surface area contributed by atoms with Crippen molar-refractivity contribution in [1.82, 2.24) is 0 Å². The average molecular weight is 359 g/mol. The van der Waals surface area contributed by atoms with Crippen LogP contribution in [-0.4, -0.2) is 4.43 Å². The molecular weight excluding hydrogens is 350 g/mol. The summed E-state index contributed by atoms with van der Waals surface area (Å²) in [4.78, 5) is 0. The minimum Gasteiger partial charge on any atom is -0.118 e. The third-order valence-electron chi connectivity index (χ3n) is 1.59. The summed E-state index contributed by atoms with van der Waals surface area (Å²) < 4.78 is 2.20. The largest absolute Gasteiger partial charge is 0.118 e. The van der Waals surface area contributed by atoms with Gasteiger partial charge in [0.05, 0.1) is 5.38 Å². The summed E-state index contributed by atoms with van der Waals surface area (Å²) >= 11 is 11.9. The van der Waals surface area contributed by atoms with Gasteiger partial charge in [0.15, 0.2) is 0 Å². The van der Waals surface area contributed by atoms with E-state index in [1.807, 2.05) is 12.1 Å². The van der Waals surface area contributed by atoms with E-state index in [1.165, 1.54) is 5.56 Å². The SMILES string of the molecule is ClC(CCI)c1ccc(Br)cc1. The Labute approximate surface area is 100.0 Å². The van der Waals surface area contributed by atoms with Gasteiger partial charge < -0.3 is 0 Å². The second-order valence-corrected chi connectivity index (χ2v) is 5.02. The van der Waals surface area contributed by atoms with Gasteiger partial charge in [-0.3, -0.25) is 0 Å². The van der Waals surface area contributed by atoms with Crippen LogP contribution in [0.3, 0.4) is 0 Å². The van der Waals surface area contributed by atoms with E-state index in [9.17, 15) is 0 Å². The van der Waals surface area contributed by atoms with Crippen LogP contribution in [-0.2, 0) is 0 Å². The predicted octanol–water partition coefficient (Wildman–Crippen LogP) is 4.55. The van der Waals surface area contributed by atoms with E-state index in [1.54, 1.807) is 0 Å². The van der Waals surface area contributed by atoms with Gasteiger partial charge in [-0.25, -0.2) is 0 Å². The van der Waals surface area contributed by atoms with Crippen molar-refractivity contribution in [3.8, 4) is 0 Å². The van der Waals surface area contributed by atoms with Crippen LogP contribution >= 0.6 is 50.1 Å². The highest BCUT2D eigenvalue weighted by atomic mass is 127. The molecule has 0 amide bonds. The molecule has 0 saturated carbocycles. The van der Waals surface area contributed by atoms with Crippen molar-refractivity contribution in [1.29, 1.82) is 0 Å². The van der Waals surface area contributed by atoms with Gasteiger partial charge in [0.1, 0.15) is 0 Å². The van der Waals surface area contributed by atoms with E-state index in [0.717, 1.165) is 15.3 Å². The lowest BCUT2D eigenvalue weighted by Gasteiger charge is -2.06. The summed E-state index contributed by atoms with van der Waals surface area (Å²) in [5.74, 6) is 0. The molecule has 12 heavy (non-hydrogen) atoms. The molecule has 66 valence electrons. The molecule has 0 spiro atoms. The highest BCUT2D eigenvalue weighted by Crippen LogP contribution is 2.25. The normalized spacial score (nSPS) is 12.9. The molecule has 0 nitrogen and oxygen atoms in total. The maximum Gasteiger partial charge on any atom is 0.0592 e. The molecule has 1 aromatic rings. The molecule has 1 aromatic carbocycles. The first-order valence-corrected chi connectivity index (χ1v) is 6.45.